The molecule has 0 unspecified atom stereocenters. The molecule has 1 aliphatic rings. The van der Waals surface area contributed by atoms with E-state index in [4.69, 9.17) is 9.47 Å². The van der Waals surface area contributed by atoms with Gasteiger partial charge in [0.15, 0.2) is 11.5 Å². The summed E-state index contributed by atoms with van der Waals surface area (Å²) in [4.78, 5) is 0. The fourth-order valence-electron chi connectivity index (χ4n) is 5.69. The second kappa shape index (κ2) is 11.4. The molecule has 0 aromatic heterocycles. The van der Waals surface area contributed by atoms with E-state index < -0.39 is 5.41 Å². The fourth-order valence-corrected chi connectivity index (χ4v) is 5.69. The molecule has 0 N–H and O–H groups in total. The van der Waals surface area contributed by atoms with Gasteiger partial charge in [0.2, 0.25) is 0 Å². The van der Waals surface area contributed by atoms with Gasteiger partial charge in [0.1, 0.15) is 12.2 Å². The quantitative estimate of drug-likeness (QED) is 0.219. The number of ether oxygens (including phenoxy) is 2. The highest BCUT2D eigenvalue weighted by atomic mass is 16.5. The minimum atomic E-state index is -0.592. The van der Waals surface area contributed by atoms with Crippen molar-refractivity contribution >= 4 is 0 Å². The van der Waals surface area contributed by atoms with Crippen molar-refractivity contribution in [2.75, 3.05) is 0 Å². The third kappa shape index (κ3) is 4.94. The SMILES string of the molecule is CC#CC#COc1ccc(C2(c3cc(C)ccc3C)c3cc(C)ccc3-c3ccc(C)cc32)cc1OC#CC#CC. The molecule has 2 nitrogen and oxygen atoms in total. The first-order valence-electron chi connectivity index (χ1n) is 13.5. The molecule has 0 amide bonds. The third-order valence-electron chi connectivity index (χ3n) is 7.42. The number of benzene rings is 4. The van der Waals surface area contributed by atoms with Crippen LogP contribution in [-0.2, 0) is 5.41 Å². The van der Waals surface area contributed by atoms with Crippen molar-refractivity contribution in [3.05, 3.63) is 117 Å². The van der Waals surface area contributed by atoms with Gasteiger partial charge in [-0.2, -0.15) is 0 Å². The number of hydrogen-bond acceptors (Lipinski definition) is 2. The maximum absolute atomic E-state index is 5.96. The molecule has 4 aromatic rings. The molecule has 4 aromatic carbocycles. The largest absolute Gasteiger partial charge is 0.403 e. The number of rotatable bonds is 4. The lowest BCUT2D eigenvalue weighted by Crippen LogP contribution is -2.30. The van der Waals surface area contributed by atoms with Crippen LogP contribution in [0, 0.1) is 75.4 Å². The Morgan fingerprint density at radius 2 is 1.02 bits per heavy atom. The van der Waals surface area contributed by atoms with Gasteiger partial charge < -0.3 is 9.47 Å². The summed E-state index contributed by atoms with van der Waals surface area (Å²) in [6, 6.07) is 26.3. The van der Waals surface area contributed by atoms with Gasteiger partial charge >= 0.3 is 0 Å². The summed E-state index contributed by atoms with van der Waals surface area (Å²) in [5.74, 6) is 17.3. The maximum Gasteiger partial charge on any atom is 0.184 e. The zero-order valence-corrected chi connectivity index (χ0v) is 24.2. The van der Waals surface area contributed by atoms with Crippen LogP contribution in [0.3, 0.4) is 0 Å². The van der Waals surface area contributed by atoms with Crippen LogP contribution in [0.25, 0.3) is 11.1 Å². The third-order valence-corrected chi connectivity index (χ3v) is 7.42. The summed E-state index contributed by atoms with van der Waals surface area (Å²) in [5.41, 5.74) is 11.5. The molecule has 0 fully saturated rings. The molecule has 5 rings (SSSR count). The first-order chi connectivity index (χ1) is 19.9. The fraction of sp³-hybridized carbons (Fsp3) is 0.179. The van der Waals surface area contributed by atoms with Crippen LogP contribution in [0.2, 0.25) is 0 Å². The molecule has 0 saturated carbocycles. The molecule has 198 valence electrons. The molecule has 0 bridgehead atoms. The van der Waals surface area contributed by atoms with E-state index >= 15 is 0 Å². The number of fused-ring (bicyclic) bond motifs is 3. The van der Waals surface area contributed by atoms with Gasteiger partial charge in [0.05, 0.1) is 5.41 Å². The summed E-state index contributed by atoms with van der Waals surface area (Å²) >= 11 is 0. The smallest absolute Gasteiger partial charge is 0.184 e. The van der Waals surface area contributed by atoms with Crippen molar-refractivity contribution in [2.45, 2.75) is 47.0 Å². The van der Waals surface area contributed by atoms with E-state index in [1.165, 1.54) is 50.1 Å². The topological polar surface area (TPSA) is 18.5 Å². The van der Waals surface area contributed by atoms with Gasteiger partial charge in [-0.15, -0.1) is 0 Å². The Kier molecular flexibility index (Phi) is 7.62. The van der Waals surface area contributed by atoms with E-state index in [9.17, 15) is 0 Å². The summed E-state index contributed by atoms with van der Waals surface area (Å²) in [6.45, 7) is 12.1. The van der Waals surface area contributed by atoms with E-state index in [-0.39, 0.29) is 0 Å². The number of aryl methyl sites for hydroxylation is 4. The molecule has 0 radical (unpaired) electrons. The van der Waals surface area contributed by atoms with Crippen LogP contribution < -0.4 is 9.47 Å². The minimum absolute atomic E-state index is 0.459. The predicted molar refractivity (Wildman–Crippen MR) is 166 cm³/mol. The maximum atomic E-state index is 5.96. The Hall–Kier alpha value is -5.28. The molecule has 0 aliphatic heterocycles. The summed E-state index contributed by atoms with van der Waals surface area (Å²) in [6.07, 6.45) is 5.37. The highest BCUT2D eigenvalue weighted by Crippen LogP contribution is 2.58. The Morgan fingerprint density at radius 1 is 0.512 bits per heavy atom. The lowest BCUT2D eigenvalue weighted by Gasteiger charge is -2.36. The van der Waals surface area contributed by atoms with E-state index in [0.29, 0.717) is 11.5 Å². The van der Waals surface area contributed by atoms with Gasteiger partial charge in [-0.25, -0.2) is 0 Å². The van der Waals surface area contributed by atoms with E-state index in [1.54, 1.807) is 13.8 Å². The molecule has 0 heterocycles. The van der Waals surface area contributed by atoms with Gasteiger partial charge in [0, 0.05) is 11.8 Å². The Balaban J connectivity index is 1.87. The van der Waals surface area contributed by atoms with Crippen molar-refractivity contribution in [2.24, 2.45) is 0 Å². The second-order valence-corrected chi connectivity index (χ2v) is 10.2. The lowest BCUT2D eigenvalue weighted by atomic mass is 9.66. The van der Waals surface area contributed by atoms with Crippen LogP contribution in [0.15, 0.2) is 72.8 Å². The van der Waals surface area contributed by atoms with Gasteiger partial charge in [-0.1, -0.05) is 89.2 Å². The summed E-state index contributed by atoms with van der Waals surface area (Å²) < 4.78 is 11.7. The zero-order chi connectivity index (χ0) is 29.0. The molecular formula is C39H30O2. The average Bonchev–Trinajstić information content (AvgIpc) is 3.24. The molecular weight excluding hydrogens is 500 g/mol. The molecule has 2 heteroatoms. The van der Waals surface area contributed by atoms with Crippen LogP contribution >= 0.6 is 0 Å². The van der Waals surface area contributed by atoms with Gasteiger partial charge in [0.25, 0.3) is 0 Å². The predicted octanol–water partition coefficient (Wildman–Crippen LogP) is 8.01. The minimum Gasteiger partial charge on any atom is -0.403 e. The molecule has 0 spiro atoms. The Bertz CT molecular complexity index is 1880. The average molecular weight is 531 g/mol. The number of hydrogen-bond donors (Lipinski definition) is 0. The van der Waals surface area contributed by atoms with Crippen LogP contribution in [0.5, 0.6) is 11.5 Å². The first kappa shape index (κ1) is 27.3. The Labute approximate surface area is 243 Å². The highest BCUT2D eigenvalue weighted by Gasteiger charge is 2.47. The molecule has 0 atom stereocenters. The van der Waals surface area contributed by atoms with Gasteiger partial charge in [-0.05, 0) is 104 Å². The van der Waals surface area contributed by atoms with E-state index in [1.807, 2.05) is 12.1 Å². The first-order valence-corrected chi connectivity index (χ1v) is 13.5. The van der Waals surface area contributed by atoms with E-state index in [2.05, 4.69) is 136 Å². The van der Waals surface area contributed by atoms with Crippen LogP contribution in [-0.4, -0.2) is 0 Å². The second-order valence-electron chi connectivity index (χ2n) is 10.2. The van der Waals surface area contributed by atoms with Crippen molar-refractivity contribution in [3.8, 4) is 70.4 Å². The van der Waals surface area contributed by atoms with E-state index in [0.717, 1.165) is 5.56 Å². The normalized spacial score (nSPS) is 11.6. The Morgan fingerprint density at radius 3 is 1.59 bits per heavy atom. The van der Waals surface area contributed by atoms with Crippen molar-refractivity contribution in [1.29, 1.82) is 0 Å². The van der Waals surface area contributed by atoms with Crippen LogP contribution in [0.1, 0.15) is 58.4 Å². The summed E-state index contributed by atoms with van der Waals surface area (Å²) in [5, 5.41) is 0. The molecule has 1 aliphatic carbocycles. The zero-order valence-electron chi connectivity index (χ0n) is 24.2. The van der Waals surface area contributed by atoms with Gasteiger partial charge in [-0.3, -0.25) is 0 Å². The molecule has 0 saturated heterocycles. The van der Waals surface area contributed by atoms with Crippen molar-refractivity contribution in [3.63, 3.8) is 0 Å². The van der Waals surface area contributed by atoms with Crippen molar-refractivity contribution < 1.29 is 9.47 Å². The molecule has 41 heavy (non-hydrogen) atoms. The van der Waals surface area contributed by atoms with Crippen LogP contribution in [0.4, 0.5) is 0 Å². The standard InChI is InChI=1S/C39H30O2/c1-7-9-11-21-40-37-20-17-31(26-38(37)41-22-12-10-8-2)39(34-23-27(3)13-16-30(34)6)35-24-28(4)14-18-32(35)33-19-15-29(5)25-36(33)39/h13-20,23-26H,1-6H3. The van der Waals surface area contributed by atoms with Crippen molar-refractivity contribution in [1.82, 2.24) is 0 Å². The highest BCUT2D eigenvalue weighted by molar-refractivity contribution is 5.87. The lowest BCUT2D eigenvalue weighted by molar-refractivity contribution is 0.451. The monoisotopic (exact) mass is 530 g/mol. The summed E-state index contributed by atoms with van der Waals surface area (Å²) in [7, 11) is 0.